The molecule has 0 aromatic heterocycles. The van der Waals surface area contributed by atoms with Gasteiger partial charge in [-0.05, 0) is 66.3 Å². The van der Waals surface area contributed by atoms with Crippen LogP contribution >= 0.6 is 34.4 Å². The largest absolute Gasteiger partial charge is 0.507 e. The monoisotopic (exact) mass is 391 g/mol. The highest BCUT2D eigenvalue weighted by atomic mass is 127. The van der Waals surface area contributed by atoms with E-state index in [0.717, 1.165) is 16.4 Å². The van der Waals surface area contributed by atoms with E-state index in [2.05, 4.69) is 11.6 Å². The van der Waals surface area contributed by atoms with Gasteiger partial charge in [0.2, 0.25) is 0 Å². The molecule has 104 valence electrons. The second-order valence-electron chi connectivity index (χ2n) is 4.86. The van der Waals surface area contributed by atoms with Crippen LogP contribution in [0.1, 0.15) is 36.0 Å². The molecule has 1 aromatic rings. The number of amides is 1. The fraction of sp³-hybridized carbons (Fsp3) is 0.500. The molecular formula is C14H18INO2S. The molecule has 1 saturated carbocycles. The second-order valence-corrected chi connectivity index (χ2v) is 7.16. The molecule has 1 aliphatic rings. The Morgan fingerprint density at radius 3 is 2.95 bits per heavy atom. The SMILES string of the molecule is CSC1CCCC(NC(=O)c2ccc(I)c(O)c2)C1. The third-order valence-corrected chi connectivity index (χ3v) is 5.51. The number of phenols is 1. The van der Waals surface area contributed by atoms with E-state index in [1.807, 2.05) is 34.4 Å². The third-order valence-electron chi connectivity index (χ3n) is 3.50. The minimum atomic E-state index is -0.0848. The molecule has 0 heterocycles. The van der Waals surface area contributed by atoms with Crippen LogP contribution in [0.4, 0.5) is 0 Å². The number of nitrogens with one attached hydrogen (secondary N) is 1. The van der Waals surface area contributed by atoms with Crippen molar-refractivity contribution in [2.24, 2.45) is 0 Å². The van der Waals surface area contributed by atoms with Gasteiger partial charge in [0.15, 0.2) is 0 Å². The second kappa shape index (κ2) is 6.83. The fourth-order valence-electron chi connectivity index (χ4n) is 2.41. The van der Waals surface area contributed by atoms with E-state index in [4.69, 9.17) is 0 Å². The van der Waals surface area contributed by atoms with Gasteiger partial charge in [0.1, 0.15) is 5.75 Å². The molecule has 0 radical (unpaired) electrons. The summed E-state index contributed by atoms with van der Waals surface area (Å²) in [6.07, 6.45) is 6.65. The van der Waals surface area contributed by atoms with Crippen LogP contribution in [0, 0.1) is 3.57 Å². The van der Waals surface area contributed by atoms with E-state index in [-0.39, 0.29) is 17.7 Å². The van der Waals surface area contributed by atoms with E-state index >= 15 is 0 Å². The first kappa shape index (κ1) is 15.0. The van der Waals surface area contributed by atoms with E-state index in [1.165, 1.54) is 18.9 Å². The van der Waals surface area contributed by atoms with Gasteiger partial charge < -0.3 is 10.4 Å². The molecule has 0 saturated heterocycles. The number of carbonyl (C=O) groups is 1. The van der Waals surface area contributed by atoms with Crippen LogP contribution in [0.25, 0.3) is 0 Å². The van der Waals surface area contributed by atoms with E-state index in [1.54, 1.807) is 12.1 Å². The van der Waals surface area contributed by atoms with E-state index < -0.39 is 0 Å². The van der Waals surface area contributed by atoms with Crippen LogP contribution in [-0.2, 0) is 0 Å². The molecule has 3 nitrogen and oxygen atoms in total. The van der Waals surface area contributed by atoms with Crippen LogP contribution < -0.4 is 5.32 Å². The summed E-state index contributed by atoms with van der Waals surface area (Å²) >= 11 is 3.93. The van der Waals surface area contributed by atoms with Crippen molar-refractivity contribution in [3.63, 3.8) is 0 Å². The minimum Gasteiger partial charge on any atom is -0.507 e. The lowest BCUT2D eigenvalue weighted by Gasteiger charge is -2.28. The number of hydrogen-bond donors (Lipinski definition) is 2. The molecule has 2 atom stereocenters. The highest BCUT2D eigenvalue weighted by molar-refractivity contribution is 14.1. The topological polar surface area (TPSA) is 49.3 Å². The standard InChI is InChI=1S/C14H18INO2S/c1-19-11-4-2-3-10(8-11)16-14(18)9-5-6-12(15)13(17)7-9/h5-7,10-11,17H,2-4,8H2,1H3,(H,16,18). The summed E-state index contributed by atoms with van der Waals surface area (Å²) in [7, 11) is 0. The Labute approximate surface area is 131 Å². The number of halogens is 1. The zero-order valence-electron chi connectivity index (χ0n) is 10.9. The van der Waals surface area contributed by atoms with Crippen molar-refractivity contribution < 1.29 is 9.90 Å². The van der Waals surface area contributed by atoms with Crippen molar-refractivity contribution in [2.45, 2.75) is 37.0 Å². The number of hydrogen-bond acceptors (Lipinski definition) is 3. The lowest BCUT2D eigenvalue weighted by atomic mass is 9.94. The molecule has 1 amide bonds. The summed E-state index contributed by atoms with van der Waals surface area (Å²) in [5.74, 6) is 0.0809. The molecular weight excluding hydrogens is 373 g/mol. The Kier molecular flexibility index (Phi) is 5.38. The van der Waals surface area contributed by atoms with Gasteiger partial charge >= 0.3 is 0 Å². The molecule has 0 spiro atoms. The summed E-state index contributed by atoms with van der Waals surface area (Å²) in [5.41, 5.74) is 0.532. The van der Waals surface area contributed by atoms with Crippen molar-refractivity contribution in [1.29, 1.82) is 0 Å². The van der Waals surface area contributed by atoms with Gasteiger partial charge in [-0.15, -0.1) is 0 Å². The predicted molar refractivity (Wildman–Crippen MR) is 87.8 cm³/mol. The first-order chi connectivity index (χ1) is 9.10. The van der Waals surface area contributed by atoms with Crippen LogP contribution in [0.2, 0.25) is 0 Å². The number of rotatable bonds is 3. The number of aromatic hydroxyl groups is 1. The Morgan fingerprint density at radius 2 is 2.26 bits per heavy atom. The normalized spacial score (nSPS) is 23.1. The van der Waals surface area contributed by atoms with Crippen LogP contribution in [0.15, 0.2) is 18.2 Å². The highest BCUT2D eigenvalue weighted by Crippen LogP contribution is 2.27. The van der Waals surface area contributed by atoms with Crippen molar-refractivity contribution in [3.05, 3.63) is 27.3 Å². The van der Waals surface area contributed by atoms with Crippen LogP contribution in [-0.4, -0.2) is 28.6 Å². The molecule has 2 rings (SSSR count). The molecule has 19 heavy (non-hydrogen) atoms. The third kappa shape index (κ3) is 4.02. The summed E-state index contributed by atoms with van der Waals surface area (Å²) in [6.45, 7) is 0. The Bertz CT molecular complexity index is 467. The number of thioether (sulfide) groups is 1. The first-order valence-corrected chi connectivity index (χ1v) is 8.79. The molecule has 2 unspecified atom stereocenters. The minimum absolute atomic E-state index is 0.0848. The molecule has 5 heteroatoms. The lowest BCUT2D eigenvalue weighted by Crippen LogP contribution is -2.39. The van der Waals surface area contributed by atoms with Gasteiger partial charge in [-0.1, -0.05) is 6.42 Å². The number of phenolic OH excluding ortho intramolecular Hbond substituents is 1. The summed E-state index contributed by atoms with van der Waals surface area (Å²) in [6, 6.07) is 5.31. The highest BCUT2D eigenvalue weighted by Gasteiger charge is 2.23. The summed E-state index contributed by atoms with van der Waals surface area (Å²) < 4.78 is 0.759. The van der Waals surface area contributed by atoms with E-state index in [9.17, 15) is 9.90 Å². The van der Waals surface area contributed by atoms with Gasteiger partial charge in [-0.25, -0.2) is 0 Å². The zero-order valence-corrected chi connectivity index (χ0v) is 13.8. The average molecular weight is 391 g/mol. The molecule has 1 aliphatic carbocycles. The summed E-state index contributed by atoms with van der Waals surface area (Å²) in [4.78, 5) is 12.1. The summed E-state index contributed by atoms with van der Waals surface area (Å²) in [5, 5.41) is 13.4. The number of benzene rings is 1. The van der Waals surface area contributed by atoms with Crippen molar-refractivity contribution in [2.75, 3.05) is 6.26 Å². The van der Waals surface area contributed by atoms with Gasteiger partial charge in [-0.2, -0.15) is 11.8 Å². The van der Waals surface area contributed by atoms with Crippen molar-refractivity contribution in [1.82, 2.24) is 5.32 Å². The fourth-order valence-corrected chi connectivity index (χ4v) is 3.58. The Morgan fingerprint density at radius 1 is 1.47 bits per heavy atom. The number of carbonyl (C=O) groups excluding carboxylic acids is 1. The van der Waals surface area contributed by atoms with E-state index in [0.29, 0.717) is 10.8 Å². The van der Waals surface area contributed by atoms with Crippen LogP contribution in [0.5, 0.6) is 5.75 Å². The van der Waals surface area contributed by atoms with Crippen molar-refractivity contribution in [3.8, 4) is 5.75 Å². The van der Waals surface area contributed by atoms with Gasteiger partial charge in [0, 0.05) is 16.9 Å². The Hall–Kier alpha value is -0.430. The molecule has 0 aliphatic heterocycles. The average Bonchev–Trinajstić information content (AvgIpc) is 2.42. The van der Waals surface area contributed by atoms with Gasteiger partial charge in [0.05, 0.1) is 3.57 Å². The molecule has 0 bridgehead atoms. The maximum Gasteiger partial charge on any atom is 0.251 e. The maximum atomic E-state index is 12.1. The predicted octanol–water partition coefficient (Wildman–Crippen LogP) is 3.40. The van der Waals surface area contributed by atoms with Crippen molar-refractivity contribution >= 4 is 40.3 Å². The smallest absolute Gasteiger partial charge is 0.251 e. The quantitative estimate of drug-likeness (QED) is 0.777. The maximum absolute atomic E-state index is 12.1. The van der Waals surface area contributed by atoms with Gasteiger partial charge in [-0.3, -0.25) is 4.79 Å². The molecule has 1 aromatic carbocycles. The lowest BCUT2D eigenvalue weighted by molar-refractivity contribution is 0.0928. The molecule has 1 fully saturated rings. The Balaban J connectivity index is 1.98. The van der Waals surface area contributed by atoms with Crippen LogP contribution in [0.3, 0.4) is 0 Å². The molecule has 2 N–H and O–H groups in total. The first-order valence-electron chi connectivity index (χ1n) is 6.42. The zero-order chi connectivity index (χ0) is 13.8. The van der Waals surface area contributed by atoms with Gasteiger partial charge in [0.25, 0.3) is 5.91 Å².